The predicted molar refractivity (Wildman–Crippen MR) is 78.1 cm³/mol. The van der Waals surface area contributed by atoms with Crippen molar-refractivity contribution in [3.63, 3.8) is 0 Å². The lowest BCUT2D eigenvalue weighted by Crippen LogP contribution is -2.27. The first-order valence-corrected chi connectivity index (χ1v) is 6.96. The van der Waals surface area contributed by atoms with Crippen molar-refractivity contribution < 1.29 is 0 Å². The Morgan fingerprint density at radius 2 is 2.06 bits per heavy atom. The molecule has 0 spiro atoms. The lowest BCUT2D eigenvalue weighted by atomic mass is 9.97. The van der Waals surface area contributed by atoms with Crippen LogP contribution in [0, 0.1) is 19.3 Å². The molecule has 0 amide bonds. The third-order valence-corrected chi connectivity index (χ3v) is 4.30. The van der Waals surface area contributed by atoms with Crippen LogP contribution in [0.3, 0.4) is 0 Å². The zero-order valence-corrected chi connectivity index (χ0v) is 11.8. The number of amidine groups is 1. The molecule has 17 heavy (non-hydrogen) atoms. The van der Waals surface area contributed by atoms with Crippen LogP contribution in [-0.4, -0.2) is 17.5 Å². The summed E-state index contributed by atoms with van der Waals surface area (Å²) in [5.74, 6) is 1.13. The molecule has 92 valence electrons. The summed E-state index contributed by atoms with van der Waals surface area (Å²) in [5, 5.41) is 4.48. The number of hydrogen-bond acceptors (Lipinski definition) is 3. The molecule has 0 bridgehead atoms. The van der Waals surface area contributed by atoms with Crippen LogP contribution in [0.15, 0.2) is 23.2 Å². The third-order valence-electron chi connectivity index (χ3n) is 2.87. The SMILES string of the molecule is Cc1ccc(NC2=NCC(C)(C)CS2)c(C)c1. The zero-order valence-electron chi connectivity index (χ0n) is 11.0. The molecule has 0 fully saturated rings. The summed E-state index contributed by atoms with van der Waals surface area (Å²) in [4.78, 5) is 4.61. The quantitative estimate of drug-likeness (QED) is 0.816. The lowest BCUT2D eigenvalue weighted by Gasteiger charge is -2.27. The van der Waals surface area contributed by atoms with Crippen molar-refractivity contribution in [1.82, 2.24) is 0 Å². The molecular formula is C14H20N2S. The van der Waals surface area contributed by atoms with Gasteiger partial charge in [0, 0.05) is 18.0 Å². The van der Waals surface area contributed by atoms with E-state index >= 15 is 0 Å². The van der Waals surface area contributed by atoms with Crippen molar-refractivity contribution in [2.75, 3.05) is 17.6 Å². The molecule has 0 saturated carbocycles. The number of nitrogens with zero attached hydrogens (tertiary/aromatic N) is 1. The second-order valence-corrected chi connectivity index (χ2v) is 6.48. The minimum absolute atomic E-state index is 0.332. The van der Waals surface area contributed by atoms with Gasteiger partial charge in [-0.2, -0.15) is 0 Å². The van der Waals surface area contributed by atoms with Gasteiger partial charge in [-0.25, -0.2) is 0 Å². The van der Waals surface area contributed by atoms with Gasteiger partial charge in [0.15, 0.2) is 5.17 Å². The zero-order chi connectivity index (χ0) is 12.5. The van der Waals surface area contributed by atoms with Gasteiger partial charge in [-0.15, -0.1) is 0 Å². The number of thioether (sulfide) groups is 1. The van der Waals surface area contributed by atoms with Crippen LogP contribution >= 0.6 is 11.8 Å². The van der Waals surface area contributed by atoms with Gasteiger partial charge < -0.3 is 5.32 Å². The summed E-state index contributed by atoms with van der Waals surface area (Å²) in [5.41, 5.74) is 4.07. The highest BCUT2D eigenvalue weighted by molar-refractivity contribution is 8.14. The molecule has 0 atom stereocenters. The Morgan fingerprint density at radius 3 is 2.65 bits per heavy atom. The first-order chi connectivity index (χ1) is 7.96. The van der Waals surface area contributed by atoms with Gasteiger partial charge in [0.1, 0.15) is 0 Å². The lowest BCUT2D eigenvalue weighted by molar-refractivity contribution is 0.438. The van der Waals surface area contributed by atoms with Crippen molar-refractivity contribution in [3.05, 3.63) is 29.3 Å². The summed E-state index contributed by atoms with van der Waals surface area (Å²) in [6.45, 7) is 9.68. The molecule has 1 aliphatic heterocycles. The molecule has 3 heteroatoms. The molecule has 0 unspecified atom stereocenters. The number of anilines is 1. The summed E-state index contributed by atoms with van der Waals surface area (Å²) >= 11 is 1.82. The first-order valence-electron chi connectivity index (χ1n) is 5.98. The van der Waals surface area contributed by atoms with Gasteiger partial charge in [-0.05, 0) is 30.9 Å². The van der Waals surface area contributed by atoms with Gasteiger partial charge in [-0.3, -0.25) is 4.99 Å². The molecule has 1 aliphatic rings. The molecule has 0 aromatic heterocycles. The fourth-order valence-corrected chi connectivity index (χ4v) is 2.74. The van der Waals surface area contributed by atoms with Crippen LogP contribution in [0.25, 0.3) is 0 Å². The Kier molecular flexibility index (Phi) is 3.48. The Balaban J connectivity index is 2.09. The highest BCUT2D eigenvalue weighted by Gasteiger charge is 2.23. The van der Waals surface area contributed by atoms with Gasteiger partial charge in [0.25, 0.3) is 0 Å². The largest absolute Gasteiger partial charge is 0.335 e. The minimum Gasteiger partial charge on any atom is -0.335 e. The predicted octanol–water partition coefficient (Wildman–Crippen LogP) is 3.84. The molecule has 2 nitrogen and oxygen atoms in total. The number of rotatable bonds is 1. The van der Waals surface area contributed by atoms with Crippen LogP contribution in [0.4, 0.5) is 5.69 Å². The van der Waals surface area contributed by atoms with Crippen LogP contribution < -0.4 is 5.32 Å². The molecule has 2 rings (SSSR count). The average Bonchev–Trinajstić information content (AvgIpc) is 2.25. The van der Waals surface area contributed by atoms with Gasteiger partial charge in [0.05, 0.1) is 0 Å². The Morgan fingerprint density at radius 1 is 1.29 bits per heavy atom. The fraction of sp³-hybridized carbons (Fsp3) is 0.500. The van der Waals surface area contributed by atoms with E-state index in [1.54, 1.807) is 0 Å². The fourth-order valence-electron chi connectivity index (χ4n) is 1.79. The van der Waals surface area contributed by atoms with Gasteiger partial charge in [0.2, 0.25) is 0 Å². The number of benzene rings is 1. The van der Waals surface area contributed by atoms with E-state index in [1.165, 1.54) is 16.8 Å². The van der Waals surface area contributed by atoms with E-state index in [4.69, 9.17) is 0 Å². The first kappa shape index (κ1) is 12.5. The summed E-state index contributed by atoms with van der Waals surface area (Å²) < 4.78 is 0. The van der Waals surface area contributed by atoms with E-state index in [0.717, 1.165) is 17.5 Å². The van der Waals surface area contributed by atoms with E-state index in [2.05, 4.69) is 56.2 Å². The maximum absolute atomic E-state index is 4.61. The van der Waals surface area contributed by atoms with Crippen LogP contribution in [-0.2, 0) is 0 Å². The molecule has 1 N–H and O–H groups in total. The van der Waals surface area contributed by atoms with E-state index in [-0.39, 0.29) is 0 Å². The third kappa shape index (κ3) is 3.25. The maximum Gasteiger partial charge on any atom is 0.161 e. The summed E-state index contributed by atoms with van der Waals surface area (Å²) in [6.07, 6.45) is 0. The molecule has 1 aromatic rings. The highest BCUT2D eigenvalue weighted by atomic mass is 32.2. The smallest absolute Gasteiger partial charge is 0.161 e. The van der Waals surface area contributed by atoms with E-state index in [0.29, 0.717) is 5.41 Å². The monoisotopic (exact) mass is 248 g/mol. The van der Waals surface area contributed by atoms with Crippen molar-refractivity contribution in [1.29, 1.82) is 0 Å². The Labute approximate surface area is 108 Å². The van der Waals surface area contributed by atoms with E-state index < -0.39 is 0 Å². The maximum atomic E-state index is 4.61. The summed E-state index contributed by atoms with van der Waals surface area (Å²) in [6, 6.07) is 6.46. The molecule has 0 radical (unpaired) electrons. The van der Waals surface area contributed by atoms with Crippen LogP contribution in [0.2, 0.25) is 0 Å². The topological polar surface area (TPSA) is 24.4 Å². The van der Waals surface area contributed by atoms with Crippen LogP contribution in [0.1, 0.15) is 25.0 Å². The van der Waals surface area contributed by atoms with Crippen molar-refractivity contribution in [2.45, 2.75) is 27.7 Å². The molecule has 0 saturated heterocycles. The van der Waals surface area contributed by atoms with Crippen molar-refractivity contribution >= 4 is 22.6 Å². The van der Waals surface area contributed by atoms with Gasteiger partial charge >= 0.3 is 0 Å². The van der Waals surface area contributed by atoms with E-state index in [9.17, 15) is 0 Å². The Hall–Kier alpha value is -0.960. The molecule has 1 aromatic carbocycles. The second-order valence-electron chi connectivity index (χ2n) is 5.52. The number of nitrogens with one attached hydrogen (secondary N) is 1. The second kappa shape index (κ2) is 4.73. The normalized spacial score (nSPS) is 18.7. The van der Waals surface area contributed by atoms with Crippen LogP contribution in [0.5, 0.6) is 0 Å². The Bertz CT molecular complexity index is 450. The number of aliphatic imine (C=N–C) groups is 1. The molecular weight excluding hydrogens is 228 g/mol. The molecule has 1 heterocycles. The van der Waals surface area contributed by atoms with Crippen molar-refractivity contribution in [3.8, 4) is 0 Å². The number of aryl methyl sites for hydroxylation is 2. The molecule has 0 aliphatic carbocycles. The van der Waals surface area contributed by atoms with E-state index in [1.807, 2.05) is 11.8 Å². The standard InChI is InChI=1S/C14H20N2S/c1-10-5-6-12(11(2)7-10)16-13-15-8-14(3,4)9-17-13/h5-7H,8-9H2,1-4H3,(H,15,16). The van der Waals surface area contributed by atoms with Crippen molar-refractivity contribution in [2.24, 2.45) is 10.4 Å². The number of hydrogen-bond donors (Lipinski definition) is 1. The van der Waals surface area contributed by atoms with Gasteiger partial charge in [-0.1, -0.05) is 43.3 Å². The minimum atomic E-state index is 0.332. The summed E-state index contributed by atoms with van der Waals surface area (Å²) in [7, 11) is 0. The highest BCUT2D eigenvalue weighted by Crippen LogP contribution is 2.29. The average molecular weight is 248 g/mol.